The van der Waals surface area contributed by atoms with Crippen LogP contribution in [-0.4, -0.2) is 22.5 Å². The molecule has 1 aliphatic carbocycles. The Balaban J connectivity index is 1.99. The molecule has 0 saturated heterocycles. The largest absolute Gasteiger partial charge is 0.313 e. The Morgan fingerprint density at radius 2 is 2.26 bits per heavy atom. The van der Waals surface area contributed by atoms with Gasteiger partial charge < -0.3 is 5.32 Å². The van der Waals surface area contributed by atoms with Crippen molar-refractivity contribution >= 4 is 22.4 Å². The average Bonchev–Trinajstić information content (AvgIpc) is 3.21. The van der Waals surface area contributed by atoms with Gasteiger partial charge in [-0.1, -0.05) is 18.5 Å². The monoisotopic (exact) mass is 303 g/mol. The van der Waals surface area contributed by atoms with Crippen molar-refractivity contribution in [1.29, 1.82) is 0 Å². The summed E-state index contributed by atoms with van der Waals surface area (Å²) in [5, 5.41) is 3.50. The molecule has 1 saturated carbocycles. The van der Waals surface area contributed by atoms with Gasteiger partial charge in [-0.25, -0.2) is 4.39 Å². The Bertz CT molecular complexity index is 465. The smallest absolute Gasteiger partial charge is 0.141 e. The van der Waals surface area contributed by atoms with Crippen molar-refractivity contribution in [3.05, 3.63) is 29.0 Å². The van der Waals surface area contributed by atoms with Gasteiger partial charge in [0.2, 0.25) is 0 Å². The van der Waals surface area contributed by atoms with E-state index in [0.29, 0.717) is 22.6 Å². The van der Waals surface area contributed by atoms with Crippen molar-refractivity contribution in [2.75, 3.05) is 12.3 Å². The van der Waals surface area contributed by atoms with Gasteiger partial charge in [-0.15, -0.1) is 0 Å². The maximum absolute atomic E-state index is 13.1. The number of nitrogens with one attached hydrogen (secondary N) is 1. The van der Waals surface area contributed by atoms with Crippen LogP contribution in [0.2, 0.25) is 5.02 Å². The van der Waals surface area contributed by atoms with E-state index >= 15 is 0 Å². The van der Waals surface area contributed by atoms with E-state index in [2.05, 4.69) is 12.2 Å². The third-order valence-electron chi connectivity index (χ3n) is 3.33. The van der Waals surface area contributed by atoms with Gasteiger partial charge in [0.25, 0.3) is 0 Å². The summed E-state index contributed by atoms with van der Waals surface area (Å²) >= 11 is 5.73. The van der Waals surface area contributed by atoms with Crippen molar-refractivity contribution in [2.45, 2.75) is 37.1 Å². The van der Waals surface area contributed by atoms with E-state index < -0.39 is 16.6 Å². The van der Waals surface area contributed by atoms with Gasteiger partial charge in [0.1, 0.15) is 5.82 Å². The van der Waals surface area contributed by atoms with Crippen LogP contribution in [0.4, 0.5) is 4.39 Å². The molecule has 2 nitrogen and oxygen atoms in total. The molecule has 2 unspecified atom stereocenters. The van der Waals surface area contributed by atoms with E-state index in [1.165, 1.54) is 25.0 Å². The summed E-state index contributed by atoms with van der Waals surface area (Å²) in [6.45, 7) is 3.07. The number of benzene rings is 1. The zero-order valence-corrected chi connectivity index (χ0v) is 12.6. The molecule has 0 spiro atoms. The number of hydrogen-bond acceptors (Lipinski definition) is 2. The second-order valence-electron chi connectivity index (χ2n) is 4.99. The first-order chi connectivity index (χ1) is 9.11. The normalized spacial score (nSPS) is 18.3. The highest BCUT2D eigenvalue weighted by Gasteiger charge is 2.32. The Morgan fingerprint density at radius 3 is 2.84 bits per heavy atom. The molecule has 1 aromatic rings. The fourth-order valence-corrected chi connectivity index (χ4v) is 3.69. The summed E-state index contributed by atoms with van der Waals surface area (Å²) < 4.78 is 25.4. The van der Waals surface area contributed by atoms with E-state index in [0.717, 1.165) is 13.0 Å². The minimum atomic E-state index is -1.13. The molecule has 0 radical (unpaired) electrons. The van der Waals surface area contributed by atoms with E-state index in [9.17, 15) is 8.60 Å². The zero-order chi connectivity index (χ0) is 13.8. The van der Waals surface area contributed by atoms with E-state index in [1.54, 1.807) is 6.07 Å². The van der Waals surface area contributed by atoms with Crippen LogP contribution in [-0.2, 0) is 10.8 Å². The minimum absolute atomic E-state index is 0.0374. The van der Waals surface area contributed by atoms with Crippen molar-refractivity contribution in [3.63, 3.8) is 0 Å². The molecule has 106 valence electrons. The molecule has 0 bridgehead atoms. The quantitative estimate of drug-likeness (QED) is 0.837. The second-order valence-corrected chi connectivity index (χ2v) is 6.89. The predicted octanol–water partition coefficient (Wildman–Crippen LogP) is 3.36. The summed E-state index contributed by atoms with van der Waals surface area (Å²) in [7, 11) is -1.13. The van der Waals surface area contributed by atoms with Gasteiger partial charge in [-0.2, -0.15) is 0 Å². The lowest BCUT2D eigenvalue weighted by molar-refractivity contribution is 0.498. The Morgan fingerprint density at radius 1 is 1.53 bits per heavy atom. The number of rotatable bonds is 7. The first-order valence-corrected chi connectivity index (χ1v) is 8.38. The number of hydrogen-bond donors (Lipinski definition) is 1. The molecule has 2 rings (SSSR count). The SMILES string of the molecule is CCCNC(CS(=O)c1ccc(F)c(Cl)c1)C1CC1. The molecule has 1 N–H and O–H groups in total. The highest BCUT2D eigenvalue weighted by Crippen LogP contribution is 2.33. The van der Waals surface area contributed by atoms with Gasteiger partial charge in [-0.3, -0.25) is 4.21 Å². The lowest BCUT2D eigenvalue weighted by atomic mass is 10.2. The van der Waals surface area contributed by atoms with E-state index in [1.807, 2.05) is 0 Å². The lowest BCUT2D eigenvalue weighted by Gasteiger charge is -2.17. The van der Waals surface area contributed by atoms with Gasteiger partial charge in [0, 0.05) is 16.7 Å². The molecule has 1 aliphatic rings. The van der Waals surface area contributed by atoms with Crippen molar-refractivity contribution in [1.82, 2.24) is 5.32 Å². The molecule has 0 amide bonds. The highest BCUT2D eigenvalue weighted by molar-refractivity contribution is 7.85. The van der Waals surface area contributed by atoms with Crippen LogP contribution in [0.25, 0.3) is 0 Å². The maximum atomic E-state index is 13.1. The zero-order valence-electron chi connectivity index (χ0n) is 11.0. The summed E-state index contributed by atoms with van der Waals surface area (Å²) in [4.78, 5) is 0.607. The van der Waals surface area contributed by atoms with Crippen LogP contribution >= 0.6 is 11.6 Å². The summed E-state index contributed by atoms with van der Waals surface area (Å²) in [5.74, 6) is 0.754. The Kier molecular flexibility index (Phi) is 5.37. The molecule has 5 heteroatoms. The van der Waals surface area contributed by atoms with Crippen molar-refractivity contribution in [2.24, 2.45) is 5.92 Å². The average molecular weight is 304 g/mol. The van der Waals surface area contributed by atoms with Gasteiger partial charge >= 0.3 is 0 Å². The standard InChI is InChI=1S/C14H19ClFNOS/c1-2-7-17-14(10-3-4-10)9-19(18)11-5-6-13(16)12(15)8-11/h5-6,8,10,14,17H,2-4,7,9H2,1H3. The third-order valence-corrected chi connectivity index (χ3v) is 5.06. The molecular formula is C14H19ClFNOS. The summed E-state index contributed by atoms with van der Waals surface area (Å²) in [5.41, 5.74) is 0. The topological polar surface area (TPSA) is 29.1 Å². The Labute approximate surface area is 121 Å². The van der Waals surface area contributed by atoms with Crippen LogP contribution in [0.15, 0.2) is 23.1 Å². The van der Waals surface area contributed by atoms with Crippen LogP contribution in [0, 0.1) is 11.7 Å². The molecule has 0 heterocycles. The first kappa shape index (κ1) is 14.9. The molecule has 19 heavy (non-hydrogen) atoms. The van der Waals surface area contributed by atoms with Crippen LogP contribution in [0.5, 0.6) is 0 Å². The number of halogens is 2. The second kappa shape index (κ2) is 6.82. The van der Waals surface area contributed by atoms with Gasteiger partial charge in [0.15, 0.2) is 0 Å². The minimum Gasteiger partial charge on any atom is -0.313 e. The van der Waals surface area contributed by atoms with E-state index in [4.69, 9.17) is 11.6 Å². The Hall–Kier alpha value is -0.450. The molecular weight excluding hydrogens is 285 g/mol. The summed E-state index contributed by atoms with van der Waals surface area (Å²) in [6.07, 6.45) is 3.49. The van der Waals surface area contributed by atoms with Crippen molar-refractivity contribution in [3.8, 4) is 0 Å². The molecule has 1 aromatic carbocycles. The fraction of sp³-hybridized carbons (Fsp3) is 0.571. The van der Waals surface area contributed by atoms with Gasteiger partial charge in [0.05, 0.1) is 15.8 Å². The fourth-order valence-electron chi connectivity index (χ4n) is 2.07. The van der Waals surface area contributed by atoms with Crippen LogP contribution in [0.3, 0.4) is 0 Å². The third kappa shape index (κ3) is 4.26. The van der Waals surface area contributed by atoms with Gasteiger partial charge in [-0.05, 0) is 49.9 Å². The van der Waals surface area contributed by atoms with Crippen LogP contribution < -0.4 is 5.32 Å². The van der Waals surface area contributed by atoms with E-state index in [-0.39, 0.29) is 5.02 Å². The van der Waals surface area contributed by atoms with Crippen molar-refractivity contribution < 1.29 is 8.60 Å². The first-order valence-electron chi connectivity index (χ1n) is 6.68. The highest BCUT2D eigenvalue weighted by atomic mass is 35.5. The molecule has 2 atom stereocenters. The summed E-state index contributed by atoms with van der Waals surface area (Å²) in [6, 6.07) is 4.60. The van der Waals surface area contributed by atoms with Crippen LogP contribution in [0.1, 0.15) is 26.2 Å². The maximum Gasteiger partial charge on any atom is 0.141 e. The lowest BCUT2D eigenvalue weighted by Crippen LogP contribution is -2.36. The molecule has 0 aromatic heterocycles. The predicted molar refractivity (Wildman–Crippen MR) is 77.5 cm³/mol. The molecule has 0 aliphatic heterocycles. The molecule has 1 fully saturated rings.